The third kappa shape index (κ3) is 2.83. The Morgan fingerprint density at radius 1 is 1.38 bits per heavy atom. The standard InChI is InChI=1S/C13H16O3/c14-13(15)12-5-3-10(4-6-12)8-11-2-1-7-16-9-11/h3-6,11H,1-2,7-9H2,(H,14,15). The van der Waals surface area contributed by atoms with Crippen LogP contribution in [-0.4, -0.2) is 24.3 Å². The number of aromatic carboxylic acids is 1. The lowest BCUT2D eigenvalue weighted by Gasteiger charge is -2.21. The second-order valence-corrected chi connectivity index (χ2v) is 4.29. The van der Waals surface area contributed by atoms with Crippen molar-refractivity contribution in [2.75, 3.05) is 13.2 Å². The van der Waals surface area contributed by atoms with Gasteiger partial charge in [-0.15, -0.1) is 0 Å². The van der Waals surface area contributed by atoms with Crippen LogP contribution in [0, 0.1) is 5.92 Å². The van der Waals surface area contributed by atoms with E-state index in [1.165, 1.54) is 12.0 Å². The molecule has 1 heterocycles. The molecule has 1 saturated heterocycles. The fraction of sp³-hybridized carbons (Fsp3) is 0.462. The van der Waals surface area contributed by atoms with Crippen LogP contribution in [0.5, 0.6) is 0 Å². The van der Waals surface area contributed by atoms with Gasteiger partial charge in [0.15, 0.2) is 0 Å². The van der Waals surface area contributed by atoms with Crippen molar-refractivity contribution in [3.63, 3.8) is 0 Å². The molecule has 0 radical (unpaired) electrons. The molecule has 1 aliphatic rings. The van der Waals surface area contributed by atoms with Crippen LogP contribution in [0.15, 0.2) is 24.3 Å². The Kier molecular flexibility index (Phi) is 3.57. The number of benzene rings is 1. The summed E-state index contributed by atoms with van der Waals surface area (Å²) in [5.74, 6) is -0.281. The van der Waals surface area contributed by atoms with Crippen molar-refractivity contribution in [1.29, 1.82) is 0 Å². The van der Waals surface area contributed by atoms with Gasteiger partial charge in [-0.25, -0.2) is 4.79 Å². The minimum Gasteiger partial charge on any atom is -0.478 e. The van der Waals surface area contributed by atoms with E-state index >= 15 is 0 Å². The highest BCUT2D eigenvalue weighted by Crippen LogP contribution is 2.19. The highest BCUT2D eigenvalue weighted by atomic mass is 16.5. The molecule has 3 nitrogen and oxygen atoms in total. The van der Waals surface area contributed by atoms with E-state index in [0.29, 0.717) is 11.5 Å². The number of ether oxygens (including phenoxy) is 1. The van der Waals surface area contributed by atoms with Gasteiger partial charge in [-0.2, -0.15) is 0 Å². The van der Waals surface area contributed by atoms with Crippen molar-refractivity contribution in [3.05, 3.63) is 35.4 Å². The summed E-state index contributed by atoms with van der Waals surface area (Å²) >= 11 is 0. The number of carbonyl (C=O) groups is 1. The van der Waals surface area contributed by atoms with Crippen LogP contribution in [0.25, 0.3) is 0 Å². The van der Waals surface area contributed by atoms with E-state index in [-0.39, 0.29) is 0 Å². The Morgan fingerprint density at radius 2 is 2.12 bits per heavy atom. The van der Waals surface area contributed by atoms with Crippen LogP contribution < -0.4 is 0 Å². The van der Waals surface area contributed by atoms with Gasteiger partial charge < -0.3 is 9.84 Å². The quantitative estimate of drug-likeness (QED) is 0.850. The van der Waals surface area contributed by atoms with Gasteiger partial charge in [0, 0.05) is 13.2 Å². The van der Waals surface area contributed by atoms with Gasteiger partial charge in [0.2, 0.25) is 0 Å². The predicted octanol–water partition coefficient (Wildman–Crippen LogP) is 2.35. The van der Waals surface area contributed by atoms with Crippen LogP contribution in [0.1, 0.15) is 28.8 Å². The predicted molar refractivity (Wildman–Crippen MR) is 60.6 cm³/mol. The summed E-state index contributed by atoms with van der Waals surface area (Å²) < 4.78 is 5.42. The molecular formula is C13H16O3. The van der Waals surface area contributed by atoms with Crippen LogP contribution in [-0.2, 0) is 11.2 Å². The molecular weight excluding hydrogens is 204 g/mol. The molecule has 1 fully saturated rings. The fourth-order valence-electron chi connectivity index (χ4n) is 2.09. The summed E-state index contributed by atoms with van der Waals surface area (Å²) in [5, 5.41) is 8.78. The maximum atomic E-state index is 10.7. The molecule has 0 amide bonds. The normalized spacial score (nSPS) is 20.6. The maximum absolute atomic E-state index is 10.7. The minimum atomic E-state index is -0.868. The Labute approximate surface area is 95.0 Å². The summed E-state index contributed by atoms with van der Waals surface area (Å²) in [6.45, 7) is 1.72. The van der Waals surface area contributed by atoms with Gasteiger partial charge in [-0.05, 0) is 42.9 Å². The van der Waals surface area contributed by atoms with Gasteiger partial charge in [0.05, 0.1) is 5.56 Å². The third-order valence-corrected chi connectivity index (χ3v) is 2.98. The molecule has 1 unspecified atom stereocenters. The van der Waals surface area contributed by atoms with E-state index in [0.717, 1.165) is 26.1 Å². The lowest BCUT2D eigenvalue weighted by Crippen LogP contribution is -2.19. The van der Waals surface area contributed by atoms with E-state index in [9.17, 15) is 4.79 Å². The molecule has 2 rings (SSSR count). The van der Waals surface area contributed by atoms with Crippen LogP contribution >= 0.6 is 0 Å². The second kappa shape index (κ2) is 5.12. The first-order chi connectivity index (χ1) is 7.75. The SMILES string of the molecule is O=C(O)c1ccc(CC2CCCOC2)cc1. The number of carboxylic acid groups (broad SMARTS) is 1. The van der Waals surface area contributed by atoms with Gasteiger partial charge in [0.1, 0.15) is 0 Å². The summed E-state index contributed by atoms with van der Waals surface area (Å²) in [4.78, 5) is 10.7. The largest absolute Gasteiger partial charge is 0.478 e. The second-order valence-electron chi connectivity index (χ2n) is 4.29. The smallest absolute Gasteiger partial charge is 0.335 e. The van der Waals surface area contributed by atoms with Crippen LogP contribution in [0.3, 0.4) is 0 Å². The lowest BCUT2D eigenvalue weighted by molar-refractivity contribution is 0.0550. The number of hydrogen-bond donors (Lipinski definition) is 1. The van der Waals surface area contributed by atoms with Crippen molar-refractivity contribution < 1.29 is 14.6 Å². The molecule has 1 aliphatic heterocycles. The molecule has 0 aromatic heterocycles. The van der Waals surface area contributed by atoms with Gasteiger partial charge in [-0.1, -0.05) is 12.1 Å². The van der Waals surface area contributed by atoms with Gasteiger partial charge in [-0.3, -0.25) is 0 Å². The number of carboxylic acids is 1. The van der Waals surface area contributed by atoms with Crippen molar-refractivity contribution in [3.8, 4) is 0 Å². The van der Waals surface area contributed by atoms with E-state index < -0.39 is 5.97 Å². The average Bonchev–Trinajstić information content (AvgIpc) is 2.31. The molecule has 0 aliphatic carbocycles. The molecule has 3 heteroatoms. The summed E-state index contributed by atoms with van der Waals surface area (Å²) in [7, 11) is 0. The summed E-state index contributed by atoms with van der Waals surface area (Å²) in [5.41, 5.74) is 1.55. The fourth-order valence-corrected chi connectivity index (χ4v) is 2.09. The molecule has 0 saturated carbocycles. The Morgan fingerprint density at radius 3 is 2.69 bits per heavy atom. The Hall–Kier alpha value is -1.35. The molecule has 1 atom stereocenters. The minimum absolute atomic E-state index is 0.351. The van der Waals surface area contributed by atoms with Crippen molar-refractivity contribution >= 4 is 5.97 Å². The summed E-state index contributed by atoms with van der Waals surface area (Å²) in [6.07, 6.45) is 3.33. The molecule has 1 aromatic carbocycles. The first-order valence-corrected chi connectivity index (χ1v) is 5.65. The Bertz CT molecular complexity index is 350. The monoisotopic (exact) mass is 220 g/mol. The zero-order valence-corrected chi connectivity index (χ0v) is 9.19. The van der Waals surface area contributed by atoms with Crippen LogP contribution in [0.2, 0.25) is 0 Å². The summed E-state index contributed by atoms with van der Waals surface area (Å²) in [6, 6.07) is 7.14. The van der Waals surface area contributed by atoms with Crippen molar-refractivity contribution in [2.45, 2.75) is 19.3 Å². The third-order valence-electron chi connectivity index (χ3n) is 2.98. The molecule has 16 heavy (non-hydrogen) atoms. The topological polar surface area (TPSA) is 46.5 Å². The van der Waals surface area contributed by atoms with Crippen molar-refractivity contribution in [2.24, 2.45) is 5.92 Å². The van der Waals surface area contributed by atoms with Gasteiger partial charge >= 0.3 is 5.97 Å². The maximum Gasteiger partial charge on any atom is 0.335 e. The molecule has 86 valence electrons. The van der Waals surface area contributed by atoms with Gasteiger partial charge in [0.25, 0.3) is 0 Å². The van der Waals surface area contributed by atoms with E-state index in [2.05, 4.69) is 0 Å². The zero-order valence-electron chi connectivity index (χ0n) is 9.19. The zero-order chi connectivity index (χ0) is 11.4. The first kappa shape index (κ1) is 11.1. The number of hydrogen-bond acceptors (Lipinski definition) is 2. The lowest BCUT2D eigenvalue weighted by atomic mass is 9.94. The molecule has 0 spiro atoms. The number of rotatable bonds is 3. The average molecular weight is 220 g/mol. The molecule has 1 N–H and O–H groups in total. The van der Waals surface area contributed by atoms with E-state index in [1.807, 2.05) is 12.1 Å². The van der Waals surface area contributed by atoms with E-state index in [4.69, 9.17) is 9.84 Å². The highest BCUT2D eigenvalue weighted by molar-refractivity contribution is 5.87. The van der Waals surface area contributed by atoms with E-state index in [1.54, 1.807) is 12.1 Å². The molecule has 0 bridgehead atoms. The molecule has 1 aromatic rings. The Balaban J connectivity index is 1.96. The highest BCUT2D eigenvalue weighted by Gasteiger charge is 2.14. The van der Waals surface area contributed by atoms with Crippen molar-refractivity contribution in [1.82, 2.24) is 0 Å². The van der Waals surface area contributed by atoms with Crippen LogP contribution in [0.4, 0.5) is 0 Å². The first-order valence-electron chi connectivity index (χ1n) is 5.65.